The first-order chi connectivity index (χ1) is 15.0. The quantitative estimate of drug-likeness (QED) is 0.525. The molecule has 0 aromatic heterocycles. The van der Waals surface area contributed by atoms with Gasteiger partial charge in [0, 0.05) is 12.2 Å². The maximum Gasteiger partial charge on any atom is 0.416 e. The van der Waals surface area contributed by atoms with E-state index in [-0.39, 0.29) is 6.54 Å². The largest absolute Gasteiger partial charge is 0.416 e. The molecule has 0 unspecified atom stereocenters. The third-order valence-electron chi connectivity index (χ3n) is 5.71. The minimum atomic E-state index is -4.39. The third kappa shape index (κ3) is 5.19. The second-order valence-corrected chi connectivity index (χ2v) is 8.11. The molecule has 0 bridgehead atoms. The summed E-state index contributed by atoms with van der Waals surface area (Å²) in [5, 5.41) is 11.1. The Morgan fingerprint density at radius 3 is 2.06 bits per heavy atom. The van der Waals surface area contributed by atoms with E-state index in [0.29, 0.717) is 23.2 Å². The maximum atomic E-state index is 13.5. The van der Waals surface area contributed by atoms with Crippen LogP contribution in [0.1, 0.15) is 34.7 Å². The minimum absolute atomic E-state index is 0.204. The molecule has 0 aliphatic heterocycles. The minimum Gasteiger partial charge on any atom is -0.376 e. The number of carbonyl (C=O) groups is 1. The topological polar surface area (TPSA) is 40.5 Å². The van der Waals surface area contributed by atoms with E-state index in [2.05, 4.69) is 0 Å². The lowest BCUT2D eigenvalue weighted by atomic mass is 9.93. The van der Waals surface area contributed by atoms with Gasteiger partial charge in [-0.3, -0.25) is 4.79 Å². The van der Waals surface area contributed by atoms with E-state index < -0.39 is 23.2 Å². The van der Waals surface area contributed by atoms with Gasteiger partial charge >= 0.3 is 6.18 Å². The molecule has 0 spiro atoms. The third-order valence-corrected chi connectivity index (χ3v) is 5.71. The van der Waals surface area contributed by atoms with Gasteiger partial charge in [-0.25, -0.2) is 0 Å². The van der Waals surface area contributed by atoms with Crippen molar-refractivity contribution < 1.29 is 23.1 Å². The molecule has 168 valence electrons. The number of halogens is 3. The molecular formula is C26H26F3NO2. The van der Waals surface area contributed by atoms with E-state index in [1.54, 1.807) is 30.3 Å². The van der Waals surface area contributed by atoms with E-state index in [0.717, 1.165) is 23.3 Å². The van der Waals surface area contributed by atoms with Crippen LogP contribution in [0.25, 0.3) is 0 Å². The summed E-state index contributed by atoms with van der Waals surface area (Å²) in [7, 11) is 0. The fourth-order valence-electron chi connectivity index (χ4n) is 3.49. The summed E-state index contributed by atoms with van der Waals surface area (Å²) < 4.78 is 38.5. The SMILES string of the molecule is Cc1ccc(N(CCc2ccc(C(F)(F)F)cc2)C(=O)[C@@](C)(O)c2ccccc2)cc1C. The lowest BCUT2D eigenvalue weighted by Gasteiger charge is -2.32. The fourth-order valence-corrected chi connectivity index (χ4v) is 3.49. The second-order valence-electron chi connectivity index (χ2n) is 8.11. The first-order valence-electron chi connectivity index (χ1n) is 10.3. The molecule has 32 heavy (non-hydrogen) atoms. The van der Waals surface area contributed by atoms with Gasteiger partial charge in [-0.1, -0.05) is 48.5 Å². The number of alkyl halides is 3. The number of hydrogen-bond donors (Lipinski definition) is 1. The molecule has 3 nitrogen and oxygen atoms in total. The molecular weight excluding hydrogens is 415 g/mol. The average Bonchev–Trinajstić information content (AvgIpc) is 2.76. The summed E-state index contributed by atoms with van der Waals surface area (Å²) in [4.78, 5) is 15.0. The van der Waals surface area contributed by atoms with Crippen molar-refractivity contribution in [3.05, 3.63) is 101 Å². The van der Waals surface area contributed by atoms with Gasteiger partial charge in [0.25, 0.3) is 5.91 Å². The Hall–Kier alpha value is -3.12. The van der Waals surface area contributed by atoms with Crippen LogP contribution in [-0.2, 0) is 23.0 Å². The van der Waals surface area contributed by atoms with Crippen LogP contribution in [0, 0.1) is 13.8 Å². The molecule has 1 amide bonds. The molecule has 3 aromatic rings. The molecule has 0 saturated heterocycles. The summed E-state index contributed by atoms with van der Waals surface area (Å²) in [5.74, 6) is -0.501. The Labute approximate surface area is 186 Å². The molecule has 0 aliphatic carbocycles. The van der Waals surface area contributed by atoms with Gasteiger partial charge in [-0.2, -0.15) is 13.2 Å². The summed E-state index contributed by atoms with van der Waals surface area (Å²) in [6.07, 6.45) is -4.06. The van der Waals surface area contributed by atoms with Gasteiger partial charge in [0.2, 0.25) is 0 Å². The Morgan fingerprint density at radius 2 is 1.50 bits per heavy atom. The van der Waals surface area contributed by atoms with Crippen molar-refractivity contribution in [1.29, 1.82) is 0 Å². The Balaban J connectivity index is 1.90. The average molecular weight is 441 g/mol. The standard InChI is InChI=1S/C26H26F3NO2/c1-18-9-14-23(17-19(18)2)30(24(31)25(3,32)21-7-5-4-6-8-21)16-15-20-10-12-22(13-11-20)26(27,28)29/h4-14,17,32H,15-16H2,1-3H3/t25-/m0/s1. The van der Waals surface area contributed by atoms with Gasteiger partial charge < -0.3 is 10.0 Å². The maximum absolute atomic E-state index is 13.5. The fraction of sp³-hybridized carbons (Fsp3) is 0.269. The lowest BCUT2D eigenvalue weighted by Crippen LogP contribution is -2.46. The van der Waals surface area contributed by atoms with E-state index >= 15 is 0 Å². The summed E-state index contributed by atoms with van der Waals surface area (Å²) in [5.41, 5.74) is 1.34. The predicted octanol–water partition coefficient (Wildman–Crippen LogP) is 5.81. The number of aliphatic hydroxyl groups is 1. The molecule has 0 heterocycles. The van der Waals surface area contributed by atoms with Crippen LogP contribution in [0.5, 0.6) is 0 Å². The van der Waals surface area contributed by atoms with Crippen molar-refractivity contribution in [3.8, 4) is 0 Å². The van der Waals surface area contributed by atoms with Crippen LogP contribution in [0.4, 0.5) is 18.9 Å². The van der Waals surface area contributed by atoms with Crippen molar-refractivity contribution in [2.45, 2.75) is 39.0 Å². The smallest absolute Gasteiger partial charge is 0.376 e. The first-order valence-corrected chi connectivity index (χ1v) is 10.3. The van der Waals surface area contributed by atoms with E-state index in [1.165, 1.54) is 24.0 Å². The lowest BCUT2D eigenvalue weighted by molar-refractivity contribution is -0.137. The number of benzene rings is 3. The Morgan fingerprint density at radius 1 is 0.875 bits per heavy atom. The highest BCUT2D eigenvalue weighted by Crippen LogP contribution is 2.30. The van der Waals surface area contributed by atoms with E-state index in [9.17, 15) is 23.1 Å². The van der Waals surface area contributed by atoms with Crippen molar-refractivity contribution in [1.82, 2.24) is 0 Å². The Kier molecular flexibility index (Phi) is 6.74. The normalized spacial score (nSPS) is 13.5. The zero-order chi connectivity index (χ0) is 23.5. The monoisotopic (exact) mass is 441 g/mol. The zero-order valence-electron chi connectivity index (χ0n) is 18.3. The molecule has 0 aliphatic rings. The highest BCUT2D eigenvalue weighted by Gasteiger charge is 2.37. The van der Waals surface area contributed by atoms with Gasteiger partial charge in [0.15, 0.2) is 5.60 Å². The predicted molar refractivity (Wildman–Crippen MR) is 119 cm³/mol. The van der Waals surface area contributed by atoms with Crippen molar-refractivity contribution in [3.63, 3.8) is 0 Å². The molecule has 3 rings (SSSR count). The highest BCUT2D eigenvalue weighted by molar-refractivity contribution is 5.99. The second kappa shape index (κ2) is 9.17. The number of carbonyl (C=O) groups excluding carboxylic acids is 1. The van der Waals surface area contributed by atoms with Crippen molar-refractivity contribution in [2.75, 3.05) is 11.4 Å². The van der Waals surface area contributed by atoms with Crippen LogP contribution in [-0.4, -0.2) is 17.6 Å². The highest BCUT2D eigenvalue weighted by atomic mass is 19.4. The molecule has 1 atom stereocenters. The van der Waals surface area contributed by atoms with Crippen molar-refractivity contribution >= 4 is 11.6 Å². The number of hydrogen-bond acceptors (Lipinski definition) is 2. The van der Waals surface area contributed by atoms with Crippen molar-refractivity contribution in [2.24, 2.45) is 0 Å². The number of rotatable bonds is 6. The zero-order valence-corrected chi connectivity index (χ0v) is 18.3. The molecule has 0 fully saturated rings. The van der Waals surface area contributed by atoms with Gasteiger partial charge in [-0.05, 0) is 73.7 Å². The molecule has 1 N–H and O–H groups in total. The number of anilines is 1. The van der Waals surface area contributed by atoms with E-state index in [1.807, 2.05) is 32.0 Å². The molecule has 3 aromatic carbocycles. The van der Waals surface area contributed by atoms with Crippen LogP contribution in [0.3, 0.4) is 0 Å². The van der Waals surface area contributed by atoms with Gasteiger partial charge in [0.1, 0.15) is 0 Å². The number of nitrogens with zero attached hydrogens (tertiary/aromatic N) is 1. The summed E-state index contributed by atoms with van der Waals surface area (Å²) in [6.45, 7) is 5.56. The Bertz CT molecular complexity index is 1070. The summed E-state index contributed by atoms with van der Waals surface area (Å²) in [6, 6.07) is 19.2. The van der Waals surface area contributed by atoms with Crippen LogP contribution in [0.2, 0.25) is 0 Å². The van der Waals surface area contributed by atoms with Crippen LogP contribution in [0.15, 0.2) is 72.8 Å². The molecule has 6 heteroatoms. The van der Waals surface area contributed by atoms with E-state index in [4.69, 9.17) is 0 Å². The van der Waals surface area contributed by atoms with Gasteiger partial charge in [0.05, 0.1) is 5.56 Å². The van der Waals surface area contributed by atoms with Gasteiger partial charge in [-0.15, -0.1) is 0 Å². The van der Waals surface area contributed by atoms with Crippen LogP contribution >= 0.6 is 0 Å². The molecule has 0 radical (unpaired) electrons. The number of aryl methyl sites for hydroxylation is 2. The summed E-state index contributed by atoms with van der Waals surface area (Å²) >= 11 is 0. The van der Waals surface area contributed by atoms with Crippen LogP contribution < -0.4 is 4.90 Å². The first kappa shape index (κ1) is 23.5. The molecule has 0 saturated carbocycles. The number of amides is 1.